The highest BCUT2D eigenvalue weighted by Gasteiger charge is 2.34. The van der Waals surface area contributed by atoms with Gasteiger partial charge in [-0.05, 0) is 39.2 Å². The van der Waals surface area contributed by atoms with Crippen LogP contribution in [0.15, 0.2) is 23.4 Å². The molecule has 0 bridgehead atoms. The van der Waals surface area contributed by atoms with E-state index in [4.69, 9.17) is 0 Å². The Balaban J connectivity index is 1.54. The Hall–Kier alpha value is -2.20. The molecular weight excluding hydrogens is 380 g/mol. The summed E-state index contributed by atoms with van der Waals surface area (Å²) in [5.74, 6) is -0.410. The van der Waals surface area contributed by atoms with Gasteiger partial charge in [0.05, 0.1) is 17.8 Å². The highest BCUT2D eigenvalue weighted by Crippen LogP contribution is 2.25. The Bertz CT molecular complexity index is 933. The van der Waals surface area contributed by atoms with E-state index in [1.54, 1.807) is 24.9 Å². The zero-order valence-electron chi connectivity index (χ0n) is 16.6. The van der Waals surface area contributed by atoms with Crippen molar-refractivity contribution >= 4 is 15.9 Å². The second-order valence-electron chi connectivity index (χ2n) is 7.26. The van der Waals surface area contributed by atoms with Gasteiger partial charge in [-0.2, -0.15) is 14.5 Å². The first-order valence-electron chi connectivity index (χ1n) is 9.55. The molecule has 1 atom stereocenters. The summed E-state index contributed by atoms with van der Waals surface area (Å²) in [7, 11) is -1.93. The first kappa shape index (κ1) is 20.5. The third kappa shape index (κ3) is 4.27. The fraction of sp³-hybridized carbons (Fsp3) is 0.611. The van der Waals surface area contributed by atoms with Crippen molar-refractivity contribution in [2.75, 3.05) is 19.6 Å². The number of piperidine rings is 1. The molecule has 0 radical (unpaired) electrons. The Labute approximate surface area is 165 Å². The molecule has 10 heteroatoms. The fourth-order valence-electron chi connectivity index (χ4n) is 3.46. The van der Waals surface area contributed by atoms with Crippen LogP contribution in [-0.2, 0) is 28.4 Å². The molecule has 0 aromatic carbocycles. The zero-order chi connectivity index (χ0) is 20.3. The van der Waals surface area contributed by atoms with E-state index in [1.807, 2.05) is 17.7 Å². The summed E-state index contributed by atoms with van der Waals surface area (Å²) in [6.45, 7) is 5.65. The van der Waals surface area contributed by atoms with Crippen molar-refractivity contribution in [3.8, 4) is 0 Å². The Morgan fingerprint density at radius 1 is 1.32 bits per heavy atom. The molecule has 2 aromatic heterocycles. The molecule has 3 heterocycles. The van der Waals surface area contributed by atoms with Crippen LogP contribution >= 0.6 is 0 Å². The number of nitrogens with zero attached hydrogens (tertiary/aromatic N) is 5. The van der Waals surface area contributed by atoms with Crippen LogP contribution in [0.2, 0.25) is 0 Å². The molecule has 9 nitrogen and oxygen atoms in total. The van der Waals surface area contributed by atoms with E-state index in [-0.39, 0.29) is 23.3 Å². The van der Waals surface area contributed by atoms with Gasteiger partial charge in [0.15, 0.2) is 0 Å². The first-order chi connectivity index (χ1) is 13.3. The van der Waals surface area contributed by atoms with Crippen LogP contribution in [-0.4, -0.2) is 57.8 Å². The summed E-state index contributed by atoms with van der Waals surface area (Å²) in [6, 6.07) is 1.94. The topological polar surface area (TPSA) is 102 Å². The second kappa shape index (κ2) is 8.44. The number of hydrogen-bond donors (Lipinski definition) is 1. The molecule has 1 aliphatic rings. The number of hydrogen-bond acceptors (Lipinski definition) is 5. The van der Waals surface area contributed by atoms with Crippen LogP contribution in [0.4, 0.5) is 0 Å². The van der Waals surface area contributed by atoms with E-state index >= 15 is 0 Å². The van der Waals surface area contributed by atoms with Gasteiger partial charge in [-0.3, -0.25) is 14.2 Å². The third-order valence-corrected chi connectivity index (χ3v) is 7.31. The summed E-state index contributed by atoms with van der Waals surface area (Å²) in [4.78, 5) is 12.7. The van der Waals surface area contributed by atoms with E-state index in [2.05, 4.69) is 15.5 Å². The van der Waals surface area contributed by atoms with Crippen molar-refractivity contribution in [3.63, 3.8) is 0 Å². The monoisotopic (exact) mass is 408 g/mol. The summed E-state index contributed by atoms with van der Waals surface area (Å²) in [5, 5.41) is 11.2. The predicted octanol–water partition coefficient (Wildman–Crippen LogP) is 0.841. The van der Waals surface area contributed by atoms with Crippen LogP contribution in [0, 0.1) is 19.8 Å². The molecule has 0 spiro atoms. The average Bonchev–Trinajstić information content (AvgIpc) is 3.24. The van der Waals surface area contributed by atoms with Crippen molar-refractivity contribution in [2.24, 2.45) is 13.0 Å². The van der Waals surface area contributed by atoms with Crippen LogP contribution in [0.25, 0.3) is 0 Å². The second-order valence-corrected chi connectivity index (χ2v) is 9.17. The molecule has 0 aliphatic carbocycles. The predicted molar refractivity (Wildman–Crippen MR) is 104 cm³/mol. The van der Waals surface area contributed by atoms with Crippen molar-refractivity contribution in [2.45, 2.75) is 44.6 Å². The van der Waals surface area contributed by atoms with E-state index in [1.165, 1.54) is 10.5 Å². The smallest absolute Gasteiger partial charge is 0.246 e. The standard InChI is InChI=1S/C18H28N6O3S/c1-14-7-9-20-24(14)11-5-8-19-18(25)16-6-4-10-23(13-16)28(26,27)17-12-21-22(3)15(17)2/h7,9,12,16H,4-6,8,10-11,13H2,1-3H3,(H,19,25)/t16-/m0/s1. The highest BCUT2D eigenvalue weighted by molar-refractivity contribution is 7.89. The van der Waals surface area contributed by atoms with Crippen LogP contribution < -0.4 is 5.32 Å². The molecule has 0 saturated carbocycles. The lowest BCUT2D eigenvalue weighted by Crippen LogP contribution is -2.45. The minimum absolute atomic E-state index is 0.0833. The molecular formula is C18H28N6O3S. The van der Waals surface area contributed by atoms with Gasteiger partial charge in [-0.25, -0.2) is 8.42 Å². The molecule has 0 unspecified atom stereocenters. The summed E-state index contributed by atoms with van der Waals surface area (Å²) in [6.07, 6.45) is 5.28. The zero-order valence-corrected chi connectivity index (χ0v) is 17.4. The van der Waals surface area contributed by atoms with Crippen molar-refractivity contribution in [3.05, 3.63) is 29.8 Å². The molecule has 154 valence electrons. The number of aromatic nitrogens is 4. The molecule has 28 heavy (non-hydrogen) atoms. The fourth-order valence-corrected chi connectivity index (χ4v) is 5.17. The summed E-state index contributed by atoms with van der Waals surface area (Å²) in [5.41, 5.74) is 1.69. The maximum absolute atomic E-state index is 12.9. The van der Waals surface area contributed by atoms with E-state index in [9.17, 15) is 13.2 Å². The Morgan fingerprint density at radius 2 is 2.11 bits per heavy atom. The van der Waals surface area contributed by atoms with Crippen molar-refractivity contribution in [1.29, 1.82) is 0 Å². The number of nitrogens with one attached hydrogen (secondary N) is 1. The van der Waals surface area contributed by atoms with Gasteiger partial charge in [0.25, 0.3) is 0 Å². The van der Waals surface area contributed by atoms with Gasteiger partial charge in [-0.1, -0.05) is 0 Å². The number of aryl methyl sites for hydroxylation is 3. The van der Waals surface area contributed by atoms with Crippen LogP contribution in [0.3, 0.4) is 0 Å². The molecule has 1 amide bonds. The van der Waals surface area contributed by atoms with Crippen molar-refractivity contribution in [1.82, 2.24) is 29.2 Å². The van der Waals surface area contributed by atoms with E-state index in [0.29, 0.717) is 31.6 Å². The van der Waals surface area contributed by atoms with Gasteiger partial charge >= 0.3 is 0 Å². The number of carbonyl (C=O) groups excluding carboxylic acids is 1. The lowest BCUT2D eigenvalue weighted by molar-refractivity contribution is -0.126. The van der Waals surface area contributed by atoms with Gasteiger partial charge in [-0.15, -0.1) is 0 Å². The van der Waals surface area contributed by atoms with Crippen LogP contribution in [0.5, 0.6) is 0 Å². The minimum Gasteiger partial charge on any atom is -0.356 e. The number of sulfonamides is 1. The maximum atomic E-state index is 12.9. The van der Waals surface area contributed by atoms with Gasteiger partial charge in [0.2, 0.25) is 15.9 Å². The molecule has 3 rings (SSSR count). The van der Waals surface area contributed by atoms with Gasteiger partial charge in [0.1, 0.15) is 4.90 Å². The average molecular weight is 409 g/mol. The minimum atomic E-state index is -3.64. The molecule has 1 fully saturated rings. The molecule has 1 aliphatic heterocycles. The lowest BCUT2D eigenvalue weighted by atomic mass is 9.99. The van der Waals surface area contributed by atoms with E-state index < -0.39 is 10.0 Å². The normalized spacial score (nSPS) is 18.3. The lowest BCUT2D eigenvalue weighted by Gasteiger charge is -2.31. The highest BCUT2D eigenvalue weighted by atomic mass is 32.2. The van der Waals surface area contributed by atoms with Crippen LogP contribution in [0.1, 0.15) is 30.7 Å². The Morgan fingerprint density at radius 3 is 2.75 bits per heavy atom. The summed E-state index contributed by atoms with van der Waals surface area (Å²) < 4.78 is 30.7. The molecule has 1 N–H and O–H groups in total. The SMILES string of the molecule is Cc1c(S(=O)(=O)N2CCC[C@H](C(=O)NCCCn3nccc3C)C2)cnn1C. The van der Waals surface area contributed by atoms with Gasteiger partial charge in [0, 0.05) is 45.1 Å². The Kier molecular flexibility index (Phi) is 6.19. The van der Waals surface area contributed by atoms with E-state index in [0.717, 1.165) is 18.7 Å². The van der Waals surface area contributed by atoms with Crippen molar-refractivity contribution < 1.29 is 13.2 Å². The largest absolute Gasteiger partial charge is 0.356 e. The molecule has 2 aromatic rings. The summed E-state index contributed by atoms with van der Waals surface area (Å²) >= 11 is 0. The third-order valence-electron chi connectivity index (χ3n) is 5.34. The number of rotatable bonds is 7. The number of carbonyl (C=O) groups is 1. The maximum Gasteiger partial charge on any atom is 0.246 e. The van der Waals surface area contributed by atoms with Gasteiger partial charge < -0.3 is 5.32 Å². The quantitative estimate of drug-likeness (QED) is 0.684. The molecule has 1 saturated heterocycles. The first-order valence-corrected chi connectivity index (χ1v) is 11.0. The number of amides is 1.